The second kappa shape index (κ2) is 5.24. The molecule has 0 saturated heterocycles. The van der Waals surface area contributed by atoms with E-state index in [1.807, 2.05) is 6.92 Å². The number of nitrogens with one attached hydrogen (secondary N) is 1. The fourth-order valence-electron chi connectivity index (χ4n) is 2.49. The molecule has 102 valence electrons. The molecule has 1 aromatic heterocycles. The molecule has 2 rings (SSSR count). The Bertz CT molecular complexity index is 524. The van der Waals surface area contributed by atoms with E-state index in [1.54, 1.807) is 6.92 Å². The molecular formula is C11H19N3O2S2. The third kappa shape index (κ3) is 2.74. The Morgan fingerprint density at radius 2 is 2.17 bits per heavy atom. The second-order valence-electron chi connectivity index (χ2n) is 4.76. The molecule has 1 aliphatic rings. The van der Waals surface area contributed by atoms with Gasteiger partial charge in [-0.3, -0.25) is 0 Å². The van der Waals surface area contributed by atoms with Gasteiger partial charge in [-0.05, 0) is 39.2 Å². The molecule has 1 aliphatic carbocycles. The molecule has 3 N–H and O–H groups in total. The highest BCUT2D eigenvalue weighted by molar-refractivity contribution is 7.91. The zero-order valence-corrected chi connectivity index (χ0v) is 12.3. The molecule has 2 unspecified atom stereocenters. The van der Waals surface area contributed by atoms with Crippen LogP contribution in [0.1, 0.15) is 30.0 Å². The van der Waals surface area contributed by atoms with Crippen molar-refractivity contribution in [1.29, 1.82) is 0 Å². The fraction of sp³-hybridized carbons (Fsp3) is 0.727. The molecule has 1 heterocycles. The quantitative estimate of drug-likeness (QED) is 0.871. The summed E-state index contributed by atoms with van der Waals surface area (Å²) in [4.78, 5) is 4.17. The van der Waals surface area contributed by atoms with Crippen LogP contribution in [0.5, 0.6) is 0 Å². The van der Waals surface area contributed by atoms with Gasteiger partial charge in [0, 0.05) is 6.04 Å². The fourth-order valence-corrected chi connectivity index (χ4v) is 5.33. The van der Waals surface area contributed by atoms with E-state index in [0.29, 0.717) is 16.4 Å². The Balaban J connectivity index is 2.19. The smallest absolute Gasteiger partial charge is 0.252 e. The van der Waals surface area contributed by atoms with Gasteiger partial charge in [0.1, 0.15) is 0 Å². The van der Waals surface area contributed by atoms with Crippen molar-refractivity contribution >= 4 is 21.4 Å². The molecule has 1 fully saturated rings. The van der Waals surface area contributed by atoms with E-state index in [4.69, 9.17) is 5.73 Å². The van der Waals surface area contributed by atoms with Crippen LogP contribution < -0.4 is 10.5 Å². The number of aryl methyl sites for hydroxylation is 2. The predicted molar refractivity (Wildman–Crippen MR) is 72.1 cm³/mol. The maximum atomic E-state index is 12.3. The molecule has 2 atom stereocenters. The molecule has 0 aromatic carbocycles. The zero-order valence-electron chi connectivity index (χ0n) is 10.6. The van der Waals surface area contributed by atoms with Crippen LogP contribution in [0.4, 0.5) is 0 Å². The second-order valence-corrected chi connectivity index (χ2v) is 7.87. The third-order valence-electron chi connectivity index (χ3n) is 3.37. The lowest BCUT2D eigenvalue weighted by Crippen LogP contribution is -2.39. The maximum absolute atomic E-state index is 12.3. The standard InChI is InChI=1S/C11H19N3O2S2/c1-7-11(17-8(2)13-7)18(15,16)14-10-5-3-4-9(10)6-12/h9-10,14H,3-6,12H2,1-2H3. The van der Waals surface area contributed by atoms with Gasteiger partial charge in [0.05, 0.1) is 10.7 Å². The first kappa shape index (κ1) is 13.9. The minimum absolute atomic E-state index is 0.0261. The van der Waals surface area contributed by atoms with Gasteiger partial charge in [0.25, 0.3) is 10.0 Å². The van der Waals surface area contributed by atoms with Gasteiger partial charge in [0.15, 0.2) is 4.21 Å². The van der Waals surface area contributed by atoms with E-state index in [0.717, 1.165) is 24.3 Å². The average Bonchev–Trinajstić information content (AvgIpc) is 2.84. The van der Waals surface area contributed by atoms with E-state index in [9.17, 15) is 8.42 Å². The normalized spacial score (nSPS) is 24.6. The number of nitrogens with two attached hydrogens (primary N) is 1. The molecule has 7 heteroatoms. The molecule has 1 saturated carbocycles. The SMILES string of the molecule is Cc1nc(C)c(S(=O)(=O)NC2CCCC2CN)s1. The largest absolute Gasteiger partial charge is 0.330 e. The molecule has 1 aromatic rings. The van der Waals surface area contributed by atoms with Crippen molar-refractivity contribution in [3.8, 4) is 0 Å². The first-order chi connectivity index (χ1) is 8.44. The molecule has 0 radical (unpaired) electrons. The number of thiazole rings is 1. The van der Waals surface area contributed by atoms with E-state index in [2.05, 4.69) is 9.71 Å². The Kier molecular flexibility index (Phi) is 4.05. The van der Waals surface area contributed by atoms with Gasteiger partial charge in [-0.25, -0.2) is 18.1 Å². The Labute approximate surface area is 112 Å². The summed E-state index contributed by atoms with van der Waals surface area (Å²) in [5.41, 5.74) is 6.25. The van der Waals surface area contributed by atoms with E-state index in [-0.39, 0.29) is 12.0 Å². The van der Waals surface area contributed by atoms with Crippen molar-refractivity contribution in [3.05, 3.63) is 10.7 Å². The summed E-state index contributed by atoms with van der Waals surface area (Å²) in [6, 6.07) is -0.0261. The molecule has 18 heavy (non-hydrogen) atoms. The highest BCUT2D eigenvalue weighted by Gasteiger charge is 2.31. The molecule has 0 spiro atoms. The van der Waals surface area contributed by atoms with E-state index in [1.165, 1.54) is 11.3 Å². The van der Waals surface area contributed by atoms with Crippen LogP contribution in [0.25, 0.3) is 0 Å². The van der Waals surface area contributed by atoms with Gasteiger partial charge < -0.3 is 5.73 Å². The van der Waals surface area contributed by atoms with E-state index >= 15 is 0 Å². The van der Waals surface area contributed by atoms with Crippen LogP contribution in [-0.2, 0) is 10.0 Å². The van der Waals surface area contributed by atoms with Crippen LogP contribution in [0, 0.1) is 19.8 Å². The van der Waals surface area contributed by atoms with Crippen LogP contribution in [0.2, 0.25) is 0 Å². The van der Waals surface area contributed by atoms with Crippen LogP contribution in [0.3, 0.4) is 0 Å². The summed E-state index contributed by atoms with van der Waals surface area (Å²) in [7, 11) is -3.45. The number of rotatable bonds is 4. The number of nitrogens with zero attached hydrogens (tertiary/aromatic N) is 1. The van der Waals surface area contributed by atoms with Crippen molar-refractivity contribution < 1.29 is 8.42 Å². The minimum atomic E-state index is -3.45. The lowest BCUT2D eigenvalue weighted by molar-refractivity contribution is 0.453. The van der Waals surface area contributed by atoms with Crippen molar-refractivity contribution in [2.24, 2.45) is 11.7 Å². The summed E-state index contributed by atoms with van der Waals surface area (Å²) in [5.74, 6) is 0.258. The van der Waals surface area contributed by atoms with Crippen molar-refractivity contribution in [2.45, 2.75) is 43.4 Å². The zero-order chi connectivity index (χ0) is 13.3. The Morgan fingerprint density at radius 3 is 2.72 bits per heavy atom. The van der Waals surface area contributed by atoms with Gasteiger partial charge in [0.2, 0.25) is 0 Å². The molecule has 0 aliphatic heterocycles. The summed E-state index contributed by atoms with van der Waals surface area (Å²) in [5, 5.41) is 0.773. The highest BCUT2D eigenvalue weighted by Crippen LogP contribution is 2.28. The Hall–Kier alpha value is -0.500. The van der Waals surface area contributed by atoms with Crippen LogP contribution in [0.15, 0.2) is 4.21 Å². The van der Waals surface area contributed by atoms with Crippen LogP contribution >= 0.6 is 11.3 Å². The Morgan fingerprint density at radius 1 is 1.44 bits per heavy atom. The van der Waals surface area contributed by atoms with Gasteiger partial charge in [-0.15, -0.1) is 11.3 Å². The summed E-state index contributed by atoms with van der Waals surface area (Å²) < 4.78 is 27.7. The van der Waals surface area contributed by atoms with E-state index < -0.39 is 10.0 Å². The highest BCUT2D eigenvalue weighted by atomic mass is 32.2. The lowest BCUT2D eigenvalue weighted by Gasteiger charge is -2.18. The number of aromatic nitrogens is 1. The average molecular weight is 289 g/mol. The molecule has 5 nitrogen and oxygen atoms in total. The number of hydrogen-bond acceptors (Lipinski definition) is 5. The van der Waals surface area contributed by atoms with Gasteiger partial charge >= 0.3 is 0 Å². The summed E-state index contributed by atoms with van der Waals surface area (Å²) >= 11 is 1.22. The topological polar surface area (TPSA) is 85.1 Å². The van der Waals surface area contributed by atoms with Crippen LogP contribution in [-0.4, -0.2) is 26.0 Å². The van der Waals surface area contributed by atoms with Crippen molar-refractivity contribution in [2.75, 3.05) is 6.54 Å². The molecular weight excluding hydrogens is 270 g/mol. The summed E-state index contributed by atoms with van der Waals surface area (Å²) in [6.45, 7) is 4.08. The molecule has 0 amide bonds. The van der Waals surface area contributed by atoms with Crippen molar-refractivity contribution in [1.82, 2.24) is 9.71 Å². The predicted octanol–water partition coefficient (Wildman–Crippen LogP) is 1.17. The maximum Gasteiger partial charge on any atom is 0.252 e. The summed E-state index contributed by atoms with van der Waals surface area (Å²) in [6.07, 6.45) is 2.91. The number of hydrogen-bond donors (Lipinski definition) is 2. The first-order valence-corrected chi connectivity index (χ1v) is 8.40. The van der Waals surface area contributed by atoms with Gasteiger partial charge in [-0.2, -0.15) is 0 Å². The monoisotopic (exact) mass is 289 g/mol. The minimum Gasteiger partial charge on any atom is -0.330 e. The van der Waals surface area contributed by atoms with Crippen molar-refractivity contribution in [3.63, 3.8) is 0 Å². The first-order valence-electron chi connectivity index (χ1n) is 6.10. The third-order valence-corrected chi connectivity index (χ3v) is 6.55. The molecule has 0 bridgehead atoms. The number of sulfonamides is 1. The lowest BCUT2D eigenvalue weighted by atomic mass is 10.1. The van der Waals surface area contributed by atoms with Gasteiger partial charge in [-0.1, -0.05) is 6.42 Å².